The van der Waals surface area contributed by atoms with Crippen LogP contribution in [0.2, 0.25) is 0 Å². The molecule has 0 spiro atoms. The molecule has 0 unspecified atom stereocenters. The standard InChI is InChI=1S/C10H12N2O.ClH/c1-7(13)12-9-2-3-10-8(6-9)4-5-11-10;/h2-3,6,11H,4-5H2,1H3,(H,12,13);1H. The number of carbonyl (C=O) groups is 1. The van der Waals surface area contributed by atoms with Gasteiger partial charge in [-0.05, 0) is 30.2 Å². The molecule has 0 aromatic heterocycles. The fraction of sp³-hybridized carbons (Fsp3) is 0.300. The lowest BCUT2D eigenvalue weighted by atomic mass is 10.1. The highest BCUT2D eigenvalue weighted by atomic mass is 35.5. The van der Waals surface area contributed by atoms with Gasteiger partial charge in [-0.15, -0.1) is 12.4 Å². The number of anilines is 2. The summed E-state index contributed by atoms with van der Waals surface area (Å²) in [5, 5.41) is 6.04. The molecule has 1 heterocycles. The minimum atomic E-state index is -0.0223. The lowest BCUT2D eigenvalue weighted by Crippen LogP contribution is -2.05. The van der Waals surface area contributed by atoms with E-state index in [1.54, 1.807) is 0 Å². The second-order valence-corrected chi connectivity index (χ2v) is 3.23. The van der Waals surface area contributed by atoms with E-state index in [1.807, 2.05) is 18.2 Å². The molecule has 2 N–H and O–H groups in total. The van der Waals surface area contributed by atoms with Gasteiger partial charge >= 0.3 is 0 Å². The quantitative estimate of drug-likeness (QED) is 0.748. The summed E-state index contributed by atoms with van der Waals surface area (Å²) in [4.78, 5) is 10.8. The molecular formula is C10H13ClN2O. The average molecular weight is 213 g/mol. The molecule has 1 aliphatic rings. The van der Waals surface area contributed by atoms with Crippen LogP contribution in [0.5, 0.6) is 0 Å². The molecule has 0 radical (unpaired) electrons. The number of benzene rings is 1. The van der Waals surface area contributed by atoms with Crippen molar-refractivity contribution in [2.45, 2.75) is 13.3 Å². The maximum atomic E-state index is 10.8. The van der Waals surface area contributed by atoms with Gasteiger partial charge in [0.05, 0.1) is 0 Å². The molecule has 76 valence electrons. The topological polar surface area (TPSA) is 41.1 Å². The van der Waals surface area contributed by atoms with Crippen LogP contribution in [0.1, 0.15) is 12.5 Å². The first-order chi connectivity index (χ1) is 6.25. The van der Waals surface area contributed by atoms with Crippen molar-refractivity contribution in [3.63, 3.8) is 0 Å². The van der Waals surface area contributed by atoms with E-state index in [1.165, 1.54) is 18.2 Å². The van der Waals surface area contributed by atoms with Crippen molar-refractivity contribution in [3.8, 4) is 0 Å². The highest BCUT2D eigenvalue weighted by molar-refractivity contribution is 5.89. The van der Waals surface area contributed by atoms with Crippen LogP contribution in [0.15, 0.2) is 18.2 Å². The van der Waals surface area contributed by atoms with Crippen molar-refractivity contribution in [2.24, 2.45) is 0 Å². The molecule has 1 amide bonds. The molecule has 4 heteroatoms. The van der Waals surface area contributed by atoms with Crippen molar-refractivity contribution in [1.29, 1.82) is 0 Å². The predicted molar refractivity (Wildman–Crippen MR) is 60.2 cm³/mol. The maximum Gasteiger partial charge on any atom is 0.221 e. The van der Waals surface area contributed by atoms with Gasteiger partial charge in [-0.2, -0.15) is 0 Å². The van der Waals surface area contributed by atoms with E-state index < -0.39 is 0 Å². The molecular weight excluding hydrogens is 200 g/mol. The van der Waals surface area contributed by atoms with Crippen molar-refractivity contribution in [1.82, 2.24) is 0 Å². The predicted octanol–water partition coefficient (Wildman–Crippen LogP) is 2.03. The molecule has 3 nitrogen and oxygen atoms in total. The number of fused-ring (bicyclic) bond motifs is 1. The zero-order chi connectivity index (χ0) is 9.26. The highest BCUT2D eigenvalue weighted by Crippen LogP contribution is 2.24. The molecule has 0 saturated heterocycles. The van der Waals surface area contributed by atoms with Gasteiger partial charge in [-0.25, -0.2) is 0 Å². The van der Waals surface area contributed by atoms with Gasteiger partial charge in [-0.3, -0.25) is 4.79 Å². The summed E-state index contributed by atoms with van der Waals surface area (Å²) in [6, 6.07) is 5.95. The molecule has 1 aromatic rings. The Morgan fingerprint density at radius 3 is 3.00 bits per heavy atom. The van der Waals surface area contributed by atoms with Crippen LogP contribution >= 0.6 is 12.4 Å². The number of hydrogen-bond donors (Lipinski definition) is 2. The summed E-state index contributed by atoms with van der Waals surface area (Å²) >= 11 is 0. The Kier molecular flexibility index (Phi) is 3.36. The summed E-state index contributed by atoms with van der Waals surface area (Å²) < 4.78 is 0. The molecule has 0 bridgehead atoms. The number of rotatable bonds is 1. The van der Waals surface area contributed by atoms with Gasteiger partial charge in [-0.1, -0.05) is 0 Å². The monoisotopic (exact) mass is 212 g/mol. The fourth-order valence-electron chi connectivity index (χ4n) is 1.59. The van der Waals surface area contributed by atoms with Crippen molar-refractivity contribution in [3.05, 3.63) is 23.8 Å². The molecule has 0 atom stereocenters. The van der Waals surface area contributed by atoms with E-state index in [2.05, 4.69) is 10.6 Å². The first-order valence-electron chi connectivity index (χ1n) is 4.40. The minimum Gasteiger partial charge on any atom is -0.384 e. The lowest BCUT2D eigenvalue weighted by molar-refractivity contribution is -0.114. The first-order valence-corrected chi connectivity index (χ1v) is 4.40. The molecule has 0 aliphatic carbocycles. The minimum absolute atomic E-state index is 0. The SMILES string of the molecule is CC(=O)Nc1ccc2c(c1)CCN2.Cl. The summed E-state index contributed by atoms with van der Waals surface area (Å²) in [7, 11) is 0. The Balaban J connectivity index is 0.000000980. The third-order valence-electron chi connectivity index (χ3n) is 2.14. The van der Waals surface area contributed by atoms with Crippen LogP contribution in [-0.2, 0) is 11.2 Å². The maximum absolute atomic E-state index is 10.8. The van der Waals surface area contributed by atoms with Crippen molar-refractivity contribution in [2.75, 3.05) is 17.2 Å². The average Bonchev–Trinajstić information content (AvgIpc) is 2.49. The number of nitrogens with one attached hydrogen (secondary N) is 2. The van der Waals surface area contributed by atoms with E-state index in [-0.39, 0.29) is 18.3 Å². The Morgan fingerprint density at radius 1 is 1.50 bits per heavy atom. The Bertz CT molecular complexity index is 352. The molecule has 14 heavy (non-hydrogen) atoms. The third kappa shape index (κ3) is 2.17. The number of amides is 1. The van der Waals surface area contributed by atoms with E-state index in [9.17, 15) is 4.79 Å². The summed E-state index contributed by atoms with van der Waals surface area (Å²) in [6.07, 6.45) is 1.04. The van der Waals surface area contributed by atoms with E-state index in [4.69, 9.17) is 0 Å². The van der Waals surface area contributed by atoms with Gasteiger partial charge in [0.2, 0.25) is 5.91 Å². The van der Waals surface area contributed by atoms with Crippen molar-refractivity contribution >= 4 is 29.7 Å². The zero-order valence-corrected chi connectivity index (χ0v) is 8.78. The highest BCUT2D eigenvalue weighted by Gasteiger charge is 2.09. The van der Waals surface area contributed by atoms with Crippen LogP contribution in [0.4, 0.5) is 11.4 Å². The Morgan fingerprint density at radius 2 is 2.29 bits per heavy atom. The van der Waals surface area contributed by atoms with Gasteiger partial charge in [0.25, 0.3) is 0 Å². The van der Waals surface area contributed by atoms with Crippen molar-refractivity contribution < 1.29 is 4.79 Å². The first kappa shape index (κ1) is 10.9. The fourth-order valence-corrected chi connectivity index (χ4v) is 1.59. The van der Waals surface area contributed by atoms with Gasteiger partial charge in [0.1, 0.15) is 0 Å². The third-order valence-corrected chi connectivity index (χ3v) is 2.14. The largest absolute Gasteiger partial charge is 0.384 e. The van der Waals surface area contributed by atoms with Crippen LogP contribution in [-0.4, -0.2) is 12.5 Å². The second kappa shape index (κ2) is 4.33. The van der Waals surface area contributed by atoms with Gasteiger partial charge in [0, 0.05) is 24.8 Å². The van der Waals surface area contributed by atoms with E-state index >= 15 is 0 Å². The molecule has 1 aliphatic heterocycles. The smallest absolute Gasteiger partial charge is 0.221 e. The second-order valence-electron chi connectivity index (χ2n) is 3.23. The Labute approximate surface area is 89.3 Å². The van der Waals surface area contributed by atoms with E-state index in [0.717, 1.165) is 18.7 Å². The molecule has 1 aromatic carbocycles. The molecule has 2 rings (SSSR count). The normalized spacial score (nSPS) is 12.4. The molecule has 0 saturated carbocycles. The number of halogens is 1. The van der Waals surface area contributed by atoms with Crippen LogP contribution < -0.4 is 10.6 Å². The Hall–Kier alpha value is -1.22. The van der Waals surface area contributed by atoms with Gasteiger partial charge in [0.15, 0.2) is 0 Å². The number of carbonyl (C=O) groups excluding carboxylic acids is 1. The lowest BCUT2D eigenvalue weighted by Gasteiger charge is -2.04. The summed E-state index contributed by atoms with van der Waals surface area (Å²) in [5.41, 5.74) is 3.36. The summed E-state index contributed by atoms with van der Waals surface area (Å²) in [6.45, 7) is 2.52. The van der Waals surface area contributed by atoms with Crippen LogP contribution in [0.3, 0.4) is 0 Å². The molecule has 0 fully saturated rings. The zero-order valence-electron chi connectivity index (χ0n) is 7.96. The van der Waals surface area contributed by atoms with Crippen LogP contribution in [0.25, 0.3) is 0 Å². The number of hydrogen-bond acceptors (Lipinski definition) is 2. The summed E-state index contributed by atoms with van der Waals surface area (Å²) in [5.74, 6) is -0.0223. The van der Waals surface area contributed by atoms with E-state index in [0.29, 0.717) is 0 Å². The van der Waals surface area contributed by atoms with Crippen LogP contribution in [0, 0.1) is 0 Å². The van der Waals surface area contributed by atoms with Gasteiger partial charge < -0.3 is 10.6 Å².